The third-order valence-corrected chi connectivity index (χ3v) is 2.53. The lowest BCUT2D eigenvalue weighted by Crippen LogP contribution is -2.27. The first-order valence-corrected chi connectivity index (χ1v) is 5.42. The molecule has 0 unspecified atom stereocenters. The summed E-state index contributed by atoms with van der Waals surface area (Å²) in [4.78, 5) is 0. The Hall–Kier alpha value is -1.38. The van der Waals surface area contributed by atoms with Crippen molar-refractivity contribution in [3.63, 3.8) is 0 Å². The summed E-state index contributed by atoms with van der Waals surface area (Å²) < 4.78 is 11.4. The van der Waals surface area contributed by atoms with Gasteiger partial charge in [-0.1, -0.05) is 31.6 Å². The molecule has 1 aliphatic rings. The fraction of sp³-hybridized carbons (Fsp3) is 0.333. The first-order chi connectivity index (χ1) is 7.35. The van der Waals surface area contributed by atoms with E-state index in [1.54, 1.807) is 0 Å². The van der Waals surface area contributed by atoms with E-state index in [1.807, 2.05) is 31.2 Å². The molecule has 0 bridgehead atoms. The molecule has 78 valence electrons. The van der Waals surface area contributed by atoms with Crippen molar-refractivity contribution in [2.24, 2.45) is 0 Å². The summed E-state index contributed by atoms with van der Waals surface area (Å²) in [6, 6.07) is 7.79. The van der Waals surface area contributed by atoms with Crippen LogP contribution in [0.3, 0.4) is 0 Å². The van der Waals surface area contributed by atoms with E-state index in [0.29, 0.717) is 0 Å². The highest BCUT2D eigenvalue weighted by Crippen LogP contribution is 2.34. The zero-order chi connectivity index (χ0) is 10.7. The fourth-order valence-electron chi connectivity index (χ4n) is 1.74. The van der Waals surface area contributed by atoms with Gasteiger partial charge >= 0.3 is 7.12 Å². The fourth-order valence-corrected chi connectivity index (χ4v) is 1.74. The Morgan fingerprint density at radius 1 is 1.27 bits per heavy atom. The van der Waals surface area contributed by atoms with Gasteiger partial charge in [-0.15, -0.1) is 0 Å². The van der Waals surface area contributed by atoms with Gasteiger partial charge < -0.3 is 9.31 Å². The molecule has 0 saturated carbocycles. The summed E-state index contributed by atoms with van der Waals surface area (Å²) in [6.07, 6.45) is 4.22. The first kappa shape index (κ1) is 10.2. The first-order valence-electron chi connectivity index (χ1n) is 5.42. The molecule has 0 amide bonds. The molecule has 1 aromatic carbocycles. The summed E-state index contributed by atoms with van der Waals surface area (Å²) in [5.41, 5.74) is 1.22. The summed E-state index contributed by atoms with van der Waals surface area (Å²) in [5, 5.41) is 0. The molecule has 1 aromatic rings. The molecule has 0 atom stereocenters. The van der Waals surface area contributed by atoms with Gasteiger partial charge in [0, 0.05) is 0 Å². The third kappa shape index (κ3) is 2.01. The Labute approximate surface area is 91.0 Å². The molecular formula is C12H15BO2. The van der Waals surface area contributed by atoms with Crippen molar-refractivity contribution in [2.75, 3.05) is 0 Å². The zero-order valence-electron chi connectivity index (χ0n) is 9.19. The molecular weight excluding hydrogens is 187 g/mol. The smallest absolute Gasteiger partial charge is 0.519 e. The van der Waals surface area contributed by atoms with Crippen LogP contribution in [0.1, 0.15) is 26.7 Å². The average molecular weight is 202 g/mol. The van der Waals surface area contributed by atoms with Gasteiger partial charge in [-0.25, -0.2) is 0 Å². The minimum absolute atomic E-state index is 0.215. The van der Waals surface area contributed by atoms with Crippen LogP contribution in [-0.2, 0) is 0 Å². The van der Waals surface area contributed by atoms with Gasteiger partial charge in [0.1, 0.15) is 11.5 Å². The van der Waals surface area contributed by atoms with Crippen LogP contribution in [-0.4, -0.2) is 7.12 Å². The van der Waals surface area contributed by atoms with E-state index < -0.39 is 0 Å². The number of fused-ring (bicyclic) bond motifs is 1. The Morgan fingerprint density at radius 3 is 2.33 bits per heavy atom. The van der Waals surface area contributed by atoms with Crippen LogP contribution in [0.2, 0.25) is 0 Å². The molecule has 0 aliphatic carbocycles. The topological polar surface area (TPSA) is 18.5 Å². The average Bonchev–Trinajstić information content (AvgIpc) is 2.69. The van der Waals surface area contributed by atoms with E-state index in [9.17, 15) is 0 Å². The van der Waals surface area contributed by atoms with Crippen molar-refractivity contribution in [2.45, 2.75) is 26.7 Å². The second kappa shape index (κ2) is 4.43. The van der Waals surface area contributed by atoms with Crippen molar-refractivity contribution in [1.82, 2.24) is 0 Å². The number of benzene rings is 1. The molecule has 0 aromatic heterocycles. The van der Waals surface area contributed by atoms with Gasteiger partial charge in [0.05, 0.1) is 0 Å². The second-order valence-electron chi connectivity index (χ2n) is 3.63. The van der Waals surface area contributed by atoms with Gasteiger partial charge in [0.25, 0.3) is 0 Å². The van der Waals surface area contributed by atoms with Crippen molar-refractivity contribution in [3.8, 4) is 11.5 Å². The molecule has 0 radical (unpaired) electrons. The maximum Gasteiger partial charge on any atom is 0.628 e. The number of rotatable bonds is 3. The van der Waals surface area contributed by atoms with E-state index >= 15 is 0 Å². The van der Waals surface area contributed by atoms with Crippen LogP contribution >= 0.6 is 0 Å². The predicted octanol–water partition coefficient (Wildman–Crippen LogP) is 3.23. The SMILES string of the molecule is C/C=C(\CCC)B1Oc2ccccc2O1. The maximum atomic E-state index is 5.72. The van der Waals surface area contributed by atoms with E-state index in [2.05, 4.69) is 13.0 Å². The second-order valence-corrected chi connectivity index (χ2v) is 3.63. The van der Waals surface area contributed by atoms with E-state index in [0.717, 1.165) is 24.3 Å². The van der Waals surface area contributed by atoms with Crippen molar-refractivity contribution >= 4 is 7.12 Å². The van der Waals surface area contributed by atoms with E-state index in [1.165, 1.54) is 5.47 Å². The highest BCUT2D eigenvalue weighted by atomic mass is 16.6. The minimum Gasteiger partial charge on any atom is -0.519 e. The Morgan fingerprint density at radius 2 is 1.87 bits per heavy atom. The van der Waals surface area contributed by atoms with Crippen LogP contribution < -0.4 is 9.31 Å². The summed E-state index contributed by atoms with van der Waals surface area (Å²) in [5.74, 6) is 1.69. The summed E-state index contributed by atoms with van der Waals surface area (Å²) in [6.45, 7) is 4.19. The quantitative estimate of drug-likeness (QED) is 0.700. The number of hydrogen-bond donors (Lipinski definition) is 0. The lowest BCUT2D eigenvalue weighted by Gasteiger charge is -2.07. The monoisotopic (exact) mass is 202 g/mol. The van der Waals surface area contributed by atoms with Crippen molar-refractivity contribution in [1.29, 1.82) is 0 Å². The molecule has 1 aliphatic heterocycles. The predicted molar refractivity (Wildman–Crippen MR) is 62.1 cm³/mol. The van der Waals surface area contributed by atoms with Gasteiger partial charge in [0.15, 0.2) is 0 Å². The Bertz CT molecular complexity index is 349. The lowest BCUT2D eigenvalue weighted by atomic mass is 9.76. The van der Waals surface area contributed by atoms with Crippen LogP contribution in [0.25, 0.3) is 0 Å². The van der Waals surface area contributed by atoms with Gasteiger partial charge in [0.2, 0.25) is 0 Å². The van der Waals surface area contributed by atoms with Crippen molar-refractivity contribution < 1.29 is 9.31 Å². The molecule has 0 saturated heterocycles. The van der Waals surface area contributed by atoms with Gasteiger partial charge in [-0.05, 0) is 30.9 Å². The number of para-hydroxylation sites is 2. The Balaban J connectivity index is 2.12. The van der Waals surface area contributed by atoms with E-state index in [-0.39, 0.29) is 7.12 Å². The van der Waals surface area contributed by atoms with Crippen LogP contribution in [0, 0.1) is 0 Å². The zero-order valence-corrected chi connectivity index (χ0v) is 9.19. The van der Waals surface area contributed by atoms with Crippen LogP contribution in [0.4, 0.5) is 0 Å². The van der Waals surface area contributed by atoms with E-state index in [4.69, 9.17) is 9.31 Å². The van der Waals surface area contributed by atoms with Gasteiger partial charge in [-0.3, -0.25) is 0 Å². The third-order valence-electron chi connectivity index (χ3n) is 2.53. The maximum absolute atomic E-state index is 5.72. The molecule has 0 fully saturated rings. The molecule has 1 heterocycles. The highest BCUT2D eigenvalue weighted by molar-refractivity contribution is 6.56. The molecule has 0 spiro atoms. The summed E-state index contributed by atoms with van der Waals surface area (Å²) in [7, 11) is -0.215. The molecule has 2 nitrogen and oxygen atoms in total. The molecule has 0 N–H and O–H groups in total. The van der Waals surface area contributed by atoms with Crippen molar-refractivity contribution in [3.05, 3.63) is 35.8 Å². The largest absolute Gasteiger partial charge is 0.628 e. The molecule has 2 rings (SSSR count). The molecule has 15 heavy (non-hydrogen) atoms. The Kier molecular flexibility index (Phi) is 3.00. The van der Waals surface area contributed by atoms with Crippen LogP contribution in [0.5, 0.6) is 11.5 Å². The minimum atomic E-state index is -0.215. The number of allylic oxidation sites excluding steroid dienone is 2. The molecule has 3 heteroatoms. The number of hydrogen-bond acceptors (Lipinski definition) is 2. The normalized spacial score (nSPS) is 14.5. The summed E-state index contributed by atoms with van der Waals surface area (Å²) >= 11 is 0. The standard InChI is InChI=1S/C12H15BO2/c1-3-7-10(4-2)13-14-11-8-5-6-9-12(11)15-13/h4-6,8-9H,3,7H2,1-2H3/b10-4+. The van der Waals surface area contributed by atoms with Crippen LogP contribution in [0.15, 0.2) is 35.8 Å². The van der Waals surface area contributed by atoms with Gasteiger partial charge in [-0.2, -0.15) is 0 Å². The highest BCUT2D eigenvalue weighted by Gasteiger charge is 2.34. The lowest BCUT2D eigenvalue weighted by molar-refractivity contribution is 0.507.